The molecule has 1 rings (SSSR count). The normalized spacial score (nSPS) is 11.4. The number of aryl methyl sites for hydroxylation is 1. The fraction of sp³-hybridized carbons (Fsp3) is 0.333. The monoisotopic (exact) mass is 226 g/mol. The average molecular weight is 226 g/mol. The van der Waals surface area contributed by atoms with Gasteiger partial charge < -0.3 is 4.18 Å². The van der Waals surface area contributed by atoms with Crippen molar-refractivity contribution >= 4 is 12.0 Å². The van der Waals surface area contributed by atoms with Crippen molar-refractivity contribution in [1.82, 2.24) is 9.78 Å². The number of hydrogen-bond acceptors (Lipinski definition) is 4. The third kappa shape index (κ3) is 2.95. The topological polar surface area (TPSA) is 44.1 Å². The maximum atomic E-state index is 11.7. The summed E-state index contributed by atoms with van der Waals surface area (Å²) in [6, 6.07) is 1.07. The Bertz CT molecular complexity index is 376. The molecule has 0 N–H and O–H groups in total. The molecule has 0 spiro atoms. The first kappa shape index (κ1) is 10.9. The molecule has 0 saturated carbocycles. The molecule has 0 saturated heterocycles. The van der Waals surface area contributed by atoms with E-state index in [1.165, 1.54) is 13.2 Å². The van der Waals surface area contributed by atoms with Gasteiger partial charge in [0.15, 0.2) is 12.0 Å². The summed E-state index contributed by atoms with van der Waals surface area (Å²) < 4.78 is 40.1. The van der Waals surface area contributed by atoms with Gasteiger partial charge in [0.1, 0.15) is 0 Å². The van der Waals surface area contributed by atoms with Crippen LogP contribution >= 0.6 is 12.0 Å². The molecule has 14 heavy (non-hydrogen) atoms. The lowest BCUT2D eigenvalue weighted by Crippen LogP contribution is -2.20. The molecule has 0 atom stereocenters. The van der Waals surface area contributed by atoms with E-state index in [1.54, 1.807) is 0 Å². The molecule has 1 aromatic heterocycles. The molecule has 0 bridgehead atoms. The minimum absolute atomic E-state index is 0.398. The molecule has 0 aromatic carbocycles. The van der Waals surface area contributed by atoms with E-state index < -0.39 is 28.9 Å². The van der Waals surface area contributed by atoms with Crippen LogP contribution in [0.3, 0.4) is 0 Å². The summed E-state index contributed by atoms with van der Waals surface area (Å²) >= 11 is -0.732. The number of aromatic nitrogens is 2. The minimum Gasteiger partial charge on any atom is -0.411 e. The van der Waals surface area contributed by atoms with E-state index in [9.17, 15) is 18.0 Å². The Morgan fingerprint density at radius 2 is 2.21 bits per heavy atom. The van der Waals surface area contributed by atoms with Crippen molar-refractivity contribution in [2.75, 3.05) is 0 Å². The number of hydrogen-bond donors (Lipinski definition) is 0. The van der Waals surface area contributed by atoms with Gasteiger partial charge in [-0.05, 0) is 0 Å². The highest BCUT2D eigenvalue weighted by Crippen LogP contribution is 2.30. The summed E-state index contributed by atoms with van der Waals surface area (Å²) in [5.74, 6) is -0.398. The van der Waals surface area contributed by atoms with Gasteiger partial charge in [0.2, 0.25) is 5.75 Å². The van der Waals surface area contributed by atoms with Gasteiger partial charge in [-0.2, -0.15) is 18.3 Å². The molecular weight excluding hydrogens is 221 g/mol. The van der Waals surface area contributed by atoms with E-state index in [0.29, 0.717) is 0 Å². The molecular formula is C6H5F3N2O2S. The molecule has 1 heterocycles. The van der Waals surface area contributed by atoms with Gasteiger partial charge in [-0.15, -0.1) is 0 Å². The number of nitrogens with zero attached hydrogens (tertiary/aromatic N) is 2. The van der Waals surface area contributed by atoms with Crippen LogP contribution in [-0.4, -0.2) is 15.3 Å². The second kappa shape index (κ2) is 3.91. The van der Waals surface area contributed by atoms with E-state index in [2.05, 4.69) is 9.28 Å². The summed E-state index contributed by atoms with van der Waals surface area (Å²) in [5.41, 5.74) is -5.25. The van der Waals surface area contributed by atoms with Crippen molar-refractivity contribution in [1.29, 1.82) is 0 Å². The third-order valence-corrected chi connectivity index (χ3v) is 1.65. The Kier molecular flexibility index (Phi) is 3.04. The first-order valence-electron chi connectivity index (χ1n) is 3.35. The molecule has 0 fully saturated rings. The molecule has 0 unspecified atom stereocenters. The van der Waals surface area contributed by atoms with Crippen LogP contribution in [0.5, 0.6) is 5.75 Å². The lowest BCUT2D eigenvalue weighted by molar-refractivity contribution is -0.0370. The number of halogens is 3. The van der Waals surface area contributed by atoms with Crippen molar-refractivity contribution < 1.29 is 17.4 Å². The van der Waals surface area contributed by atoms with Crippen LogP contribution in [0.25, 0.3) is 0 Å². The van der Waals surface area contributed by atoms with Crippen LogP contribution in [0.2, 0.25) is 0 Å². The Morgan fingerprint density at radius 1 is 1.57 bits per heavy atom. The standard InChI is InChI=1S/C6H5F3N2O2S/c1-11-5(12)4(2-3-10-11)13-14-6(7,8)9/h2-3H,1H3. The third-order valence-electron chi connectivity index (χ3n) is 1.20. The van der Waals surface area contributed by atoms with Crippen LogP contribution in [-0.2, 0) is 7.05 Å². The largest absolute Gasteiger partial charge is 0.479 e. The molecule has 1 aromatic rings. The minimum atomic E-state index is -4.53. The molecule has 0 radical (unpaired) electrons. The maximum absolute atomic E-state index is 11.7. The predicted molar refractivity (Wildman–Crippen MR) is 43.8 cm³/mol. The zero-order valence-electron chi connectivity index (χ0n) is 6.91. The first-order chi connectivity index (χ1) is 6.40. The van der Waals surface area contributed by atoms with Crippen LogP contribution in [0.15, 0.2) is 17.1 Å². The maximum Gasteiger partial charge on any atom is 0.479 e. The first-order valence-corrected chi connectivity index (χ1v) is 4.09. The molecule has 78 valence electrons. The van der Waals surface area contributed by atoms with E-state index >= 15 is 0 Å². The van der Waals surface area contributed by atoms with Crippen molar-refractivity contribution in [2.45, 2.75) is 5.51 Å². The molecule has 8 heteroatoms. The van der Waals surface area contributed by atoms with E-state index in [4.69, 9.17) is 0 Å². The highest BCUT2D eigenvalue weighted by atomic mass is 32.2. The highest BCUT2D eigenvalue weighted by molar-refractivity contribution is 7.95. The summed E-state index contributed by atoms with van der Waals surface area (Å²) in [4.78, 5) is 11.1. The molecule has 0 amide bonds. The summed E-state index contributed by atoms with van der Waals surface area (Å²) in [5, 5.41) is 3.52. The Morgan fingerprint density at radius 3 is 2.79 bits per heavy atom. The Balaban J connectivity index is 2.78. The zero-order chi connectivity index (χ0) is 10.8. The lowest BCUT2D eigenvalue weighted by atomic mass is 10.5. The Labute approximate surface area is 80.9 Å². The van der Waals surface area contributed by atoms with Gasteiger partial charge in [0, 0.05) is 13.1 Å². The van der Waals surface area contributed by atoms with Gasteiger partial charge in [0.25, 0.3) is 0 Å². The van der Waals surface area contributed by atoms with E-state index in [1.807, 2.05) is 0 Å². The fourth-order valence-electron chi connectivity index (χ4n) is 0.640. The van der Waals surface area contributed by atoms with Gasteiger partial charge in [-0.3, -0.25) is 4.79 Å². The van der Waals surface area contributed by atoms with Crippen LogP contribution in [0, 0.1) is 0 Å². The highest BCUT2D eigenvalue weighted by Gasteiger charge is 2.31. The van der Waals surface area contributed by atoms with Crippen molar-refractivity contribution in [3.8, 4) is 5.75 Å². The van der Waals surface area contributed by atoms with Gasteiger partial charge in [-0.1, -0.05) is 0 Å². The molecule has 4 nitrogen and oxygen atoms in total. The van der Waals surface area contributed by atoms with Gasteiger partial charge >= 0.3 is 11.1 Å². The quantitative estimate of drug-likeness (QED) is 0.713. The van der Waals surface area contributed by atoms with Crippen molar-refractivity contribution in [3.63, 3.8) is 0 Å². The van der Waals surface area contributed by atoms with Crippen LogP contribution in [0.1, 0.15) is 0 Å². The predicted octanol–water partition coefficient (Wildman–Crippen LogP) is 1.33. The van der Waals surface area contributed by atoms with Crippen molar-refractivity contribution in [2.24, 2.45) is 7.05 Å². The second-order valence-corrected chi connectivity index (χ2v) is 3.03. The summed E-state index contributed by atoms with van der Waals surface area (Å²) in [7, 11) is 1.31. The summed E-state index contributed by atoms with van der Waals surface area (Å²) in [6.45, 7) is 0. The molecule has 0 aliphatic heterocycles. The van der Waals surface area contributed by atoms with Gasteiger partial charge in [-0.25, -0.2) is 4.68 Å². The van der Waals surface area contributed by atoms with E-state index in [-0.39, 0.29) is 0 Å². The number of alkyl halides is 3. The van der Waals surface area contributed by atoms with Crippen molar-refractivity contribution in [3.05, 3.63) is 22.6 Å². The van der Waals surface area contributed by atoms with Crippen LogP contribution in [0.4, 0.5) is 13.2 Å². The average Bonchev–Trinajstić information content (AvgIpc) is 2.06. The Hall–Kier alpha value is -1.18. The number of rotatable bonds is 2. The molecule has 0 aliphatic carbocycles. The van der Waals surface area contributed by atoms with Gasteiger partial charge in [0.05, 0.1) is 6.20 Å². The second-order valence-electron chi connectivity index (χ2n) is 2.24. The molecule has 0 aliphatic rings. The van der Waals surface area contributed by atoms with Crippen LogP contribution < -0.4 is 9.74 Å². The summed E-state index contributed by atoms with van der Waals surface area (Å²) in [6.07, 6.45) is 1.17. The van der Waals surface area contributed by atoms with E-state index in [0.717, 1.165) is 10.7 Å². The lowest BCUT2D eigenvalue weighted by Gasteiger charge is -2.05. The smallest absolute Gasteiger partial charge is 0.411 e. The SMILES string of the molecule is Cn1nccc(OSC(F)(F)F)c1=O. The zero-order valence-corrected chi connectivity index (χ0v) is 7.72. The fourth-order valence-corrected chi connectivity index (χ4v) is 0.951.